The molecule has 1 N–H and O–H groups in total. The predicted molar refractivity (Wildman–Crippen MR) is 142 cm³/mol. The van der Waals surface area contributed by atoms with E-state index in [0.717, 1.165) is 46.5 Å². The van der Waals surface area contributed by atoms with E-state index < -0.39 is 5.60 Å². The van der Waals surface area contributed by atoms with Crippen LogP contribution in [0.5, 0.6) is 0 Å². The van der Waals surface area contributed by atoms with Crippen LogP contribution in [-0.4, -0.2) is 65.0 Å². The summed E-state index contributed by atoms with van der Waals surface area (Å²) < 4.78 is 12.9. The maximum atomic E-state index is 13.6. The maximum Gasteiger partial charge on any atom is 0.410 e. The number of hydrogen-bond acceptors (Lipinski definition) is 6. The summed E-state index contributed by atoms with van der Waals surface area (Å²) in [6, 6.07) is 9.56. The van der Waals surface area contributed by atoms with Gasteiger partial charge >= 0.3 is 12.1 Å². The summed E-state index contributed by atoms with van der Waals surface area (Å²) in [7, 11) is 0. The van der Waals surface area contributed by atoms with E-state index in [9.17, 15) is 9.59 Å². The predicted octanol–water partition coefficient (Wildman–Crippen LogP) is 4.58. The molecule has 3 aromatic rings. The third-order valence-electron chi connectivity index (χ3n) is 6.60. The third-order valence-corrected chi connectivity index (χ3v) is 6.81. The number of benzene rings is 1. The second kappa shape index (κ2) is 10.2. The number of nitrogens with one attached hydrogen (secondary N) is 1. The van der Waals surface area contributed by atoms with E-state index in [1.165, 1.54) is 0 Å². The minimum absolute atomic E-state index is 0.218. The average molecular weight is 526 g/mol. The number of rotatable bonds is 3. The Balaban J connectivity index is 1.50. The quantitative estimate of drug-likeness (QED) is 0.504. The molecule has 0 saturated carbocycles. The molecule has 2 aliphatic heterocycles. The summed E-state index contributed by atoms with van der Waals surface area (Å²) in [6.07, 6.45) is 1.82. The van der Waals surface area contributed by atoms with Gasteiger partial charge in [-0.3, -0.25) is 4.57 Å². The van der Waals surface area contributed by atoms with Crippen molar-refractivity contribution in [1.29, 1.82) is 0 Å². The number of hydrogen-bond donors (Lipinski definition) is 1. The summed E-state index contributed by atoms with van der Waals surface area (Å²) in [5.41, 5.74) is 4.05. The molecule has 0 bridgehead atoms. The van der Waals surface area contributed by atoms with Crippen LogP contribution in [0.2, 0.25) is 5.15 Å². The van der Waals surface area contributed by atoms with Crippen molar-refractivity contribution in [1.82, 2.24) is 19.8 Å². The molecule has 37 heavy (non-hydrogen) atoms. The Bertz CT molecular complexity index is 1330. The van der Waals surface area contributed by atoms with Crippen LogP contribution >= 0.6 is 11.6 Å². The smallest absolute Gasteiger partial charge is 0.410 e. The number of ether oxygens (including phenoxy) is 2. The number of morpholine rings is 1. The third kappa shape index (κ3) is 5.52. The molecule has 0 aliphatic carbocycles. The van der Waals surface area contributed by atoms with Crippen LogP contribution in [0, 0.1) is 0 Å². The van der Waals surface area contributed by atoms with Crippen molar-refractivity contribution < 1.29 is 19.1 Å². The highest BCUT2D eigenvalue weighted by Gasteiger charge is 2.31. The number of amides is 2. The van der Waals surface area contributed by atoms with Gasteiger partial charge in [-0.15, -0.1) is 0 Å². The van der Waals surface area contributed by atoms with E-state index in [-0.39, 0.29) is 12.1 Å². The topological polar surface area (TPSA) is 88.9 Å². The van der Waals surface area contributed by atoms with Crippen LogP contribution in [-0.2, 0) is 29.0 Å². The molecule has 10 heteroatoms. The Labute approximate surface area is 221 Å². The zero-order chi connectivity index (χ0) is 26.2. The molecule has 1 aromatic carbocycles. The van der Waals surface area contributed by atoms with E-state index in [0.29, 0.717) is 44.4 Å². The van der Waals surface area contributed by atoms with Crippen LogP contribution in [0.4, 0.5) is 15.3 Å². The molecule has 2 aliphatic rings. The molecule has 0 spiro atoms. The van der Waals surface area contributed by atoms with Crippen molar-refractivity contribution in [3.63, 3.8) is 0 Å². The first-order chi connectivity index (χ1) is 17.7. The first-order valence-electron chi connectivity index (χ1n) is 12.5. The van der Waals surface area contributed by atoms with Crippen molar-refractivity contribution in [3.8, 4) is 0 Å². The lowest BCUT2D eigenvalue weighted by atomic mass is 10.0. The molecule has 1 saturated heterocycles. The molecule has 2 amide bonds. The van der Waals surface area contributed by atoms with Crippen LogP contribution in [0.25, 0.3) is 10.9 Å². The lowest BCUT2D eigenvalue weighted by Gasteiger charge is -2.30. The second-order valence-corrected chi connectivity index (χ2v) is 10.7. The van der Waals surface area contributed by atoms with Gasteiger partial charge in [0.15, 0.2) is 0 Å². The summed E-state index contributed by atoms with van der Waals surface area (Å²) in [4.78, 5) is 34.4. The molecule has 4 heterocycles. The number of aromatic nitrogens is 2. The first kappa shape index (κ1) is 25.4. The fourth-order valence-corrected chi connectivity index (χ4v) is 5.08. The van der Waals surface area contributed by atoms with Crippen LogP contribution < -0.4 is 10.2 Å². The van der Waals surface area contributed by atoms with Crippen molar-refractivity contribution in [2.24, 2.45) is 0 Å². The number of pyridine rings is 1. The molecule has 9 nitrogen and oxygen atoms in total. The fourth-order valence-electron chi connectivity index (χ4n) is 4.89. The highest BCUT2D eigenvalue weighted by molar-refractivity contribution is 6.29. The average Bonchev–Trinajstić information content (AvgIpc) is 3.20. The van der Waals surface area contributed by atoms with Gasteiger partial charge in [0.1, 0.15) is 10.8 Å². The van der Waals surface area contributed by atoms with E-state index in [2.05, 4.69) is 33.4 Å². The maximum absolute atomic E-state index is 13.6. The van der Waals surface area contributed by atoms with Crippen molar-refractivity contribution >= 4 is 40.3 Å². The first-order valence-corrected chi connectivity index (χ1v) is 12.9. The van der Waals surface area contributed by atoms with E-state index in [4.69, 9.17) is 21.1 Å². The number of halogens is 1. The lowest BCUT2D eigenvalue weighted by molar-refractivity contribution is 0.0224. The van der Waals surface area contributed by atoms with E-state index >= 15 is 0 Å². The van der Waals surface area contributed by atoms with Crippen LogP contribution in [0.1, 0.15) is 37.6 Å². The van der Waals surface area contributed by atoms with Crippen molar-refractivity contribution in [2.75, 3.05) is 37.7 Å². The van der Waals surface area contributed by atoms with Crippen LogP contribution in [0.15, 0.2) is 36.5 Å². The Morgan fingerprint density at radius 1 is 1.14 bits per heavy atom. The zero-order valence-electron chi connectivity index (χ0n) is 21.4. The number of fused-ring (bicyclic) bond motifs is 3. The zero-order valence-corrected chi connectivity index (χ0v) is 22.2. The van der Waals surface area contributed by atoms with Gasteiger partial charge in [0, 0.05) is 61.1 Å². The van der Waals surface area contributed by atoms with Gasteiger partial charge in [0.25, 0.3) is 0 Å². The normalized spacial score (nSPS) is 16.0. The number of carbonyl (C=O) groups excluding carboxylic acids is 2. The molecule has 196 valence electrons. The Morgan fingerprint density at radius 2 is 1.92 bits per heavy atom. The lowest BCUT2D eigenvalue weighted by Crippen LogP contribution is -2.40. The molecule has 5 rings (SSSR count). The number of carbonyl (C=O) groups is 2. The summed E-state index contributed by atoms with van der Waals surface area (Å²) in [6.45, 7) is 9.72. The van der Waals surface area contributed by atoms with Gasteiger partial charge in [-0.1, -0.05) is 17.7 Å². The summed E-state index contributed by atoms with van der Waals surface area (Å²) >= 11 is 6.02. The molecule has 0 atom stereocenters. The highest BCUT2D eigenvalue weighted by atomic mass is 35.5. The molecule has 1 fully saturated rings. The van der Waals surface area contributed by atoms with Gasteiger partial charge < -0.3 is 24.6 Å². The summed E-state index contributed by atoms with van der Waals surface area (Å²) in [5, 5.41) is 4.38. The van der Waals surface area contributed by atoms with Gasteiger partial charge in [0.05, 0.1) is 25.3 Å². The molecular formula is C27H32ClN5O4. The molecule has 0 unspecified atom stereocenters. The Hall–Kier alpha value is -3.30. The standard InChI is InChI=1S/C27H32ClN5O4/c1-27(2,3)37-26(35)32-9-7-22-21(17-32)20-5-4-19(31-10-12-36-13-11-31)15-23(20)33(22)25(34)30-16-18-6-8-29-24(28)14-18/h4-6,8,14-15H,7,9-13,16-17H2,1-3H3,(H,30,34). The number of anilines is 1. The monoisotopic (exact) mass is 525 g/mol. The molecule has 2 aromatic heterocycles. The van der Waals surface area contributed by atoms with Gasteiger partial charge in [-0.25, -0.2) is 14.6 Å². The van der Waals surface area contributed by atoms with Gasteiger partial charge in [-0.2, -0.15) is 0 Å². The largest absolute Gasteiger partial charge is 0.444 e. The summed E-state index contributed by atoms with van der Waals surface area (Å²) in [5.74, 6) is 0. The van der Waals surface area contributed by atoms with E-state index in [1.807, 2.05) is 26.8 Å². The van der Waals surface area contributed by atoms with Crippen LogP contribution in [0.3, 0.4) is 0 Å². The van der Waals surface area contributed by atoms with Gasteiger partial charge in [-0.05, 0) is 50.6 Å². The van der Waals surface area contributed by atoms with Crippen molar-refractivity contribution in [3.05, 3.63) is 58.5 Å². The highest BCUT2D eigenvalue weighted by Crippen LogP contribution is 2.34. The van der Waals surface area contributed by atoms with E-state index in [1.54, 1.807) is 21.7 Å². The second-order valence-electron chi connectivity index (χ2n) is 10.4. The Morgan fingerprint density at radius 3 is 2.65 bits per heavy atom. The number of nitrogens with zero attached hydrogens (tertiary/aromatic N) is 4. The molecule has 0 radical (unpaired) electrons. The minimum atomic E-state index is -0.575. The van der Waals surface area contributed by atoms with Crippen molar-refractivity contribution in [2.45, 2.75) is 45.9 Å². The van der Waals surface area contributed by atoms with Gasteiger partial charge in [0.2, 0.25) is 0 Å². The Kier molecular flexibility index (Phi) is 7.00. The molecular weight excluding hydrogens is 494 g/mol. The fraction of sp³-hybridized carbons (Fsp3) is 0.444. The minimum Gasteiger partial charge on any atom is -0.444 e. The SMILES string of the molecule is CC(C)(C)OC(=O)N1CCc2c(c3ccc(N4CCOCC4)cc3n2C(=O)NCc2ccnc(Cl)c2)C1.